The Balaban J connectivity index is 2.92. The van der Waals surface area contributed by atoms with Crippen molar-refractivity contribution in [3.63, 3.8) is 0 Å². The Hall–Kier alpha value is -0.240. The Morgan fingerprint density at radius 1 is 0.522 bits per heavy atom. The molecule has 140 valence electrons. The largest absolute Gasteiger partial charge is 0.379 e. The third-order valence-electron chi connectivity index (χ3n) is 3.31. The summed E-state index contributed by atoms with van der Waals surface area (Å²) < 4.78 is 16.0. The van der Waals surface area contributed by atoms with Crippen molar-refractivity contribution in [2.45, 2.75) is 33.1 Å². The van der Waals surface area contributed by atoms with Gasteiger partial charge in [0.15, 0.2) is 0 Å². The van der Waals surface area contributed by atoms with Crippen molar-refractivity contribution in [1.29, 1.82) is 0 Å². The van der Waals surface area contributed by atoms with E-state index in [0.29, 0.717) is 26.4 Å². The van der Waals surface area contributed by atoms with Gasteiger partial charge < -0.3 is 30.2 Å². The Kier molecular flexibility index (Phi) is 21.5. The Bertz CT molecular complexity index is 190. The lowest BCUT2D eigenvalue weighted by Gasteiger charge is -2.08. The van der Waals surface area contributed by atoms with Gasteiger partial charge in [-0.1, -0.05) is 13.3 Å². The van der Waals surface area contributed by atoms with Gasteiger partial charge in [-0.15, -0.1) is 0 Å². The van der Waals surface area contributed by atoms with E-state index in [1.807, 2.05) is 6.92 Å². The lowest BCUT2D eigenvalue weighted by molar-refractivity contribution is 0.0176. The Morgan fingerprint density at radius 3 is 1.74 bits per heavy atom. The first-order valence-electron chi connectivity index (χ1n) is 9.27. The molecule has 0 aliphatic rings. The first-order valence-corrected chi connectivity index (χ1v) is 9.27. The van der Waals surface area contributed by atoms with E-state index < -0.39 is 0 Å². The van der Waals surface area contributed by atoms with Crippen molar-refractivity contribution in [2.75, 3.05) is 78.9 Å². The molecule has 0 aromatic carbocycles. The molecule has 0 saturated carbocycles. The summed E-state index contributed by atoms with van der Waals surface area (Å²) in [6.07, 6.45) is 3.76. The molecule has 0 amide bonds. The quantitative estimate of drug-likeness (QED) is 0.289. The molecule has 6 nitrogen and oxygen atoms in total. The van der Waals surface area contributed by atoms with Crippen molar-refractivity contribution < 1.29 is 14.2 Å². The van der Waals surface area contributed by atoms with Gasteiger partial charge in [-0.2, -0.15) is 0 Å². The van der Waals surface area contributed by atoms with Gasteiger partial charge in [0.05, 0.1) is 33.0 Å². The molecule has 0 rings (SSSR count). The van der Waals surface area contributed by atoms with E-state index in [9.17, 15) is 0 Å². The van der Waals surface area contributed by atoms with Crippen LogP contribution in [0.1, 0.15) is 33.1 Å². The van der Waals surface area contributed by atoms with Gasteiger partial charge in [0.1, 0.15) is 0 Å². The number of nitrogens with one attached hydrogen (secondary N) is 3. The fraction of sp³-hybridized carbons (Fsp3) is 1.00. The second kappa shape index (κ2) is 21.8. The van der Waals surface area contributed by atoms with Gasteiger partial charge in [0, 0.05) is 26.2 Å². The summed E-state index contributed by atoms with van der Waals surface area (Å²) in [6, 6.07) is 0. The molecule has 6 heteroatoms. The van der Waals surface area contributed by atoms with Crippen LogP contribution in [0.3, 0.4) is 0 Å². The zero-order valence-corrected chi connectivity index (χ0v) is 15.3. The molecular formula is C17H39N3O3. The third kappa shape index (κ3) is 21.8. The number of rotatable bonds is 20. The lowest BCUT2D eigenvalue weighted by Crippen LogP contribution is -2.27. The van der Waals surface area contributed by atoms with Gasteiger partial charge in [0.2, 0.25) is 0 Å². The maximum absolute atomic E-state index is 5.49. The van der Waals surface area contributed by atoms with Crippen LogP contribution in [-0.4, -0.2) is 78.9 Å². The second-order valence-corrected chi connectivity index (χ2v) is 5.34. The molecule has 0 bridgehead atoms. The standard InChI is InChI=1S/C17H39N3O3/c1-3-18-10-11-19-8-6-5-7-9-20-12-13-22-16-17-23-15-14-21-4-2/h18-20H,3-17H2,1-2H3. The maximum Gasteiger partial charge on any atom is 0.0701 e. The molecule has 0 unspecified atom stereocenters. The first kappa shape index (κ1) is 22.8. The second-order valence-electron chi connectivity index (χ2n) is 5.34. The molecule has 0 radical (unpaired) electrons. The van der Waals surface area contributed by atoms with Gasteiger partial charge in [0.25, 0.3) is 0 Å². The minimum atomic E-state index is 0.647. The minimum Gasteiger partial charge on any atom is -0.379 e. The highest BCUT2D eigenvalue weighted by Gasteiger charge is 1.93. The van der Waals surface area contributed by atoms with Crippen LogP contribution < -0.4 is 16.0 Å². The highest BCUT2D eigenvalue weighted by atomic mass is 16.5. The van der Waals surface area contributed by atoms with Crippen LogP contribution in [0.4, 0.5) is 0 Å². The van der Waals surface area contributed by atoms with Crippen LogP contribution in [-0.2, 0) is 14.2 Å². The van der Waals surface area contributed by atoms with Crippen LogP contribution in [0.15, 0.2) is 0 Å². The normalized spacial score (nSPS) is 11.2. The van der Waals surface area contributed by atoms with Crippen molar-refractivity contribution in [1.82, 2.24) is 16.0 Å². The average molecular weight is 334 g/mol. The number of hydrogen-bond donors (Lipinski definition) is 3. The molecule has 0 fully saturated rings. The first-order chi connectivity index (χ1) is 11.4. The van der Waals surface area contributed by atoms with Crippen molar-refractivity contribution >= 4 is 0 Å². The monoisotopic (exact) mass is 333 g/mol. The fourth-order valence-corrected chi connectivity index (χ4v) is 2.01. The van der Waals surface area contributed by atoms with E-state index in [4.69, 9.17) is 14.2 Å². The van der Waals surface area contributed by atoms with Crippen molar-refractivity contribution in [3.8, 4) is 0 Å². The molecule has 0 spiro atoms. The van der Waals surface area contributed by atoms with Crippen LogP contribution in [0.5, 0.6) is 0 Å². The highest BCUT2D eigenvalue weighted by molar-refractivity contribution is 4.53. The minimum absolute atomic E-state index is 0.647. The molecular weight excluding hydrogens is 294 g/mol. The summed E-state index contributed by atoms with van der Waals surface area (Å²) >= 11 is 0. The average Bonchev–Trinajstić information content (AvgIpc) is 2.57. The van der Waals surface area contributed by atoms with E-state index in [2.05, 4.69) is 22.9 Å². The van der Waals surface area contributed by atoms with Crippen LogP contribution in [0, 0.1) is 0 Å². The Morgan fingerprint density at radius 2 is 1.09 bits per heavy atom. The summed E-state index contributed by atoms with van der Waals surface area (Å²) in [5.41, 5.74) is 0. The summed E-state index contributed by atoms with van der Waals surface area (Å²) in [4.78, 5) is 0. The molecule has 3 N–H and O–H groups in total. The zero-order valence-electron chi connectivity index (χ0n) is 15.3. The third-order valence-corrected chi connectivity index (χ3v) is 3.31. The predicted octanol–water partition coefficient (Wildman–Crippen LogP) is 1.02. The maximum atomic E-state index is 5.49. The molecule has 0 aromatic rings. The summed E-state index contributed by atoms with van der Waals surface area (Å²) in [7, 11) is 0. The topological polar surface area (TPSA) is 63.8 Å². The van der Waals surface area contributed by atoms with Crippen molar-refractivity contribution in [2.24, 2.45) is 0 Å². The van der Waals surface area contributed by atoms with Crippen LogP contribution in [0.2, 0.25) is 0 Å². The van der Waals surface area contributed by atoms with Gasteiger partial charge >= 0.3 is 0 Å². The van der Waals surface area contributed by atoms with Crippen LogP contribution >= 0.6 is 0 Å². The fourth-order valence-electron chi connectivity index (χ4n) is 2.01. The van der Waals surface area contributed by atoms with Crippen molar-refractivity contribution in [3.05, 3.63) is 0 Å². The van der Waals surface area contributed by atoms with E-state index in [1.54, 1.807) is 0 Å². The molecule has 0 aromatic heterocycles. The van der Waals surface area contributed by atoms with Gasteiger partial charge in [-0.3, -0.25) is 0 Å². The summed E-state index contributed by atoms with van der Waals surface area (Å²) in [5, 5.41) is 10.2. The molecule has 23 heavy (non-hydrogen) atoms. The number of ether oxygens (including phenoxy) is 3. The van der Waals surface area contributed by atoms with Gasteiger partial charge in [-0.25, -0.2) is 0 Å². The number of likely N-dealkylation sites (N-methyl/N-ethyl adjacent to an activating group) is 1. The molecule has 0 saturated heterocycles. The lowest BCUT2D eigenvalue weighted by atomic mass is 10.2. The summed E-state index contributed by atoms with van der Waals surface area (Å²) in [6.45, 7) is 14.5. The Labute approximate surface area is 143 Å². The molecule has 0 aliphatic heterocycles. The van der Waals surface area contributed by atoms with Crippen LogP contribution in [0.25, 0.3) is 0 Å². The number of hydrogen-bond acceptors (Lipinski definition) is 6. The zero-order chi connectivity index (χ0) is 16.8. The smallest absolute Gasteiger partial charge is 0.0701 e. The van der Waals surface area contributed by atoms with Gasteiger partial charge in [-0.05, 0) is 39.4 Å². The van der Waals surface area contributed by atoms with E-state index >= 15 is 0 Å². The van der Waals surface area contributed by atoms with E-state index in [-0.39, 0.29) is 0 Å². The predicted molar refractivity (Wildman–Crippen MR) is 96.3 cm³/mol. The van der Waals surface area contributed by atoms with E-state index in [1.165, 1.54) is 19.3 Å². The van der Waals surface area contributed by atoms with E-state index in [0.717, 1.165) is 52.5 Å². The molecule has 0 aliphatic carbocycles. The SMILES string of the molecule is CCNCCNCCCCCNCCOCCOCCOCC. The molecule has 0 atom stereocenters. The number of unbranched alkanes of at least 4 members (excludes halogenated alkanes) is 2. The summed E-state index contributed by atoms with van der Waals surface area (Å²) in [5.74, 6) is 0. The highest BCUT2D eigenvalue weighted by Crippen LogP contribution is 1.92. The molecule has 0 heterocycles.